The molecule has 9 aromatic carbocycles. The lowest BCUT2D eigenvalue weighted by molar-refractivity contribution is 1.07. The highest BCUT2D eigenvalue weighted by Crippen LogP contribution is 2.41. The molecule has 0 amide bonds. The van der Waals surface area contributed by atoms with Crippen molar-refractivity contribution in [2.24, 2.45) is 0 Å². The Morgan fingerprint density at radius 1 is 0.274 bits per heavy atom. The zero-order valence-corrected chi connectivity index (χ0v) is 33.6. The number of rotatable bonds is 7. The zero-order valence-electron chi connectivity index (χ0n) is 33.6. The van der Waals surface area contributed by atoms with Crippen LogP contribution in [0.15, 0.2) is 224 Å². The molecule has 5 nitrogen and oxygen atoms in total. The molecule has 0 atom stereocenters. The van der Waals surface area contributed by atoms with Crippen molar-refractivity contribution in [3.8, 4) is 67.8 Å². The minimum atomic E-state index is 0.602. The van der Waals surface area contributed by atoms with Gasteiger partial charge in [-0.05, 0) is 58.7 Å². The first-order valence-electron chi connectivity index (χ1n) is 21.0. The Balaban J connectivity index is 1.12. The molecule has 290 valence electrons. The SMILES string of the molecule is c1ccc(-c2ccc(-c3nc(-c4ccccc4)nc(-c4cc(-n5c6ccccc6c6cccc(-n7c8ccccc8c8ccccc87)c65)ccc4-c4ccccc4)n3)cc2)cc1. The molecule has 0 spiro atoms. The molecule has 0 aliphatic rings. The Morgan fingerprint density at radius 2 is 0.710 bits per heavy atom. The molecule has 0 fully saturated rings. The first kappa shape index (κ1) is 35.5. The van der Waals surface area contributed by atoms with E-state index in [2.05, 4.69) is 209 Å². The second kappa shape index (κ2) is 14.7. The summed E-state index contributed by atoms with van der Waals surface area (Å²) in [7, 11) is 0. The Morgan fingerprint density at radius 3 is 1.32 bits per heavy atom. The van der Waals surface area contributed by atoms with Crippen LogP contribution < -0.4 is 0 Å². The Kier molecular flexibility index (Phi) is 8.42. The summed E-state index contributed by atoms with van der Waals surface area (Å²) in [6.45, 7) is 0. The van der Waals surface area contributed by atoms with Crippen LogP contribution in [0, 0.1) is 0 Å². The van der Waals surface area contributed by atoms with Crippen molar-refractivity contribution in [1.82, 2.24) is 24.1 Å². The van der Waals surface area contributed by atoms with E-state index in [-0.39, 0.29) is 0 Å². The molecular weight excluding hydrogens is 755 g/mol. The monoisotopic (exact) mass is 791 g/mol. The van der Waals surface area contributed by atoms with E-state index in [4.69, 9.17) is 15.0 Å². The standard InChI is InChI=1S/C57H37N5/c1-4-17-38(18-5-1)39-31-33-42(34-32-39)56-58-55(41-21-8-3-9-22-41)59-57(60-56)49-37-43(35-36-44(49)40-19-6-2-7-20-40)61-50-27-13-12-25-47(50)48-26-16-30-53(54(48)61)62-51-28-14-10-23-45(51)46-24-11-15-29-52(46)62/h1-37H. The number of fused-ring (bicyclic) bond motifs is 6. The Bertz CT molecular complexity index is 3550. The van der Waals surface area contributed by atoms with Gasteiger partial charge >= 0.3 is 0 Å². The van der Waals surface area contributed by atoms with Gasteiger partial charge in [0.15, 0.2) is 17.5 Å². The summed E-state index contributed by atoms with van der Waals surface area (Å²) in [6, 6.07) is 79.2. The normalized spacial score (nSPS) is 11.5. The van der Waals surface area contributed by atoms with Gasteiger partial charge < -0.3 is 9.13 Å². The average Bonchev–Trinajstić information content (AvgIpc) is 3.88. The van der Waals surface area contributed by atoms with Gasteiger partial charge in [0, 0.05) is 43.9 Å². The van der Waals surface area contributed by atoms with Gasteiger partial charge in [0.05, 0.1) is 27.8 Å². The third kappa shape index (κ3) is 5.90. The van der Waals surface area contributed by atoms with Crippen LogP contribution in [0.4, 0.5) is 0 Å². The minimum absolute atomic E-state index is 0.602. The third-order valence-electron chi connectivity index (χ3n) is 12.0. The van der Waals surface area contributed by atoms with Crippen LogP contribution in [-0.2, 0) is 0 Å². The highest BCUT2D eigenvalue weighted by Gasteiger charge is 2.22. The number of nitrogens with zero attached hydrogens (tertiary/aromatic N) is 5. The molecular formula is C57H37N5. The molecule has 0 unspecified atom stereocenters. The summed E-state index contributed by atoms with van der Waals surface area (Å²) in [5, 5.41) is 4.83. The van der Waals surface area contributed by atoms with Crippen LogP contribution in [0.1, 0.15) is 0 Å². The van der Waals surface area contributed by atoms with Gasteiger partial charge in [-0.25, -0.2) is 15.0 Å². The lowest BCUT2D eigenvalue weighted by Gasteiger charge is -2.17. The van der Waals surface area contributed by atoms with E-state index in [1.165, 1.54) is 32.6 Å². The maximum atomic E-state index is 5.33. The number of hydrogen-bond donors (Lipinski definition) is 0. The molecule has 0 radical (unpaired) electrons. The molecule has 62 heavy (non-hydrogen) atoms. The zero-order chi connectivity index (χ0) is 41.0. The third-order valence-corrected chi connectivity index (χ3v) is 12.0. The maximum absolute atomic E-state index is 5.33. The summed E-state index contributed by atoms with van der Waals surface area (Å²) < 4.78 is 4.85. The summed E-state index contributed by atoms with van der Waals surface area (Å²) >= 11 is 0. The van der Waals surface area contributed by atoms with E-state index in [0.29, 0.717) is 17.5 Å². The van der Waals surface area contributed by atoms with E-state index in [9.17, 15) is 0 Å². The minimum Gasteiger partial charge on any atom is -0.307 e. The van der Waals surface area contributed by atoms with Crippen molar-refractivity contribution >= 4 is 43.6 Å². The van der Waals surface area contributed by atoms with E-state index in [1.807, 2.05) is 24.3 Å². The van der Waals surface area contributed by atoms with E-state index < -0.39 is 0 Å². The van der Waals surface area contributed by atoms with E-state index >= 15 is 0 Å². The number of para-hydroxylation sites is 4. The lowest BCUT2D eigenvalue weighted by atomic mass is 9.98. The first-order chi connectivity index (χ1) is 30.8. The van der Waals surface area contributed by atoms with Gasteiger partial charge in [0.1, 0.15) is 0 Å². The number of aromatic nitrogens is 5. The molecule has 0 N–H and O–H groups in total. The largest absolute Gasteiger partial charge is 0.307 e. The number of hydrogen-bond acceptors (Lipinski definition) is 3. The quantitative estimate of drug-likeness (QED) is 0.162. The maximum Gasteiger partial charge on any atom is 0.164 e. The van der Waals surface area contributed by atoms with Gasteiger partial charge in [-0.15, -0.1) is 0 Å². The first-order valence-corrected chi connectivity index (χ1v) is 21.0. The van der Waals surface area contributed by atoms with Crippen LogP contribution in [0.2, 0.25) is 0 Å². The predicted octanol–water partition coefficient (Wildman–Crippen LogP) is 14.4. The molecule has 0 bridgehead atoms. The predicted molar refractivity (Wildman–Crippen MR) is 256 cm³/mol. The van der Waals surface area contributed by atoms with E-state index in [1.54, 1.807) is 0 Å². The van der Waals surface area contributed by atoms with Crippen LogP contribution in [0.3, 0.4) is 0 Å². The fourth-order valence-corrected chi connectivity index (χ4v) is 9.14. The summed E-state index contributed by atoms with van der Waals surface area (Å²) in [4.78, 5) is 15.7. The molecule has 12 rings (SSSR count). The van der Waals surface area contributed by atoms with Crippen LogP contribution in [-0.4, -0.2) is 24.1 Å². The second-order valence-corrected chi connectivity index (χ2v) is 15.6. The van der Waals surface area contributed by atoms with Crippen molar-refractivity contribution in [2.75, 3.05) is 0 Å². The molecule has 0 aliphatic carbocycles. The summed E-state index contributed by atoms with van der Waals surface area (Å²) in [5.74, 6) is 1.83. The van der Waals surface area contributed by atoms with Crippen LogP contribution in [0.5, 0.6) is 0 Å². The molecule has 3 heterocycles. The van der Waals surface area contributed by atoms with Crippen LogP contribution >= 0.6 is 0 Å². The van der Waals surface area contributed by atoms with Crippen LogP contribution in [0.25, 0.3) is 111 Å². The van der Waals surface area contributed by atoms with Gasteiger partial charge in [-0.3, -0.25) is 0 Å². The van der Waals surface area contributed by atoms with Gasteiger partial charge in [-0.1, -0.05) is 188 Å². The average molecular weight is 792 g/mol. The lowest BCUT2D eigenvalue weighted by Crippen LogP contribution is -2.03. The van der Waals surface area contributed by atoms with Crippen molar-refractivity contribution in [3.63, 3.8) is 0 Å². The van der Waals surface area contributed by atoms with Gasteiger partial charge in [0.2, 0.25) is 0 Å². The van der Waals surface area contributed by atoms with Crippen molar-refractivity contribution in [3.05, 3.63) is 224 Å². The highest BCUT2D eigenvalue weighted by atomic mass is 15.1. The Hall–Kier alpha value is -8.41. The molecule has 0 saturated heterocycles. The topological polar surface area (TPSA) is 48.5 Å². The molecule has 0 saturated carbocycles. The van der Waals surface area contributed by atoms with Gasteiger partial charge in [-0.2, -0.15) is 0 Å². The summed E-state index contributed by atoms with van der Waals surface area (Å²) in [6.07, 6.45) is 0. The summed E-state index contributed by atoms with van der Waals surface area (Å²) in [5.41, 5.74) is 13.9. The van der Waals surface area contributed by atoms with E-state index in [0.717, 1.165) is 61.4 Å². The fourth-order valence-electron chi connectivity index (χ4n) is 9.14. The van der Waals surface area contributed by atoms with Crippen molar-refractivity contribution in [1.29, 1.82) is 0 Å². The fraction of sp³-hybridized carbons (Fsp3) is 0. The molecule has 3 aromatic heterocycles. The molecule has 0 aliphatic heterocycles. The van der Waals surface area contributed by atoms with Gasteiger partial charge in [0.25, 0.3) is 0 Å². The number of benzene rings is 9. The highest BCUT2D eigenvalue weighted by molar-refractivity contribution is 6.15. The van der Waals surface area contributed by atoms with Crippen molar-refractivity contribution in [2.45, 2.75) is 0 Å². The molecule has 12 aromatic rings. The van der Waals surface area contributed by atoms with Crippen molar-refractivity contribution < 1.29 is 0 Å². The second-order valence-electron chi connectivity index (χ2n) is 15.6. The molecule has 5 heteroatoms. The Labute approximate surface area is 358 Å². The smallest absolute Gasteiger partial charge is 0.164 e.